The second kappa shape index (κ2) is 14.9. The number of ether oxygens (including phenoxy) is 2. The summed E-state index contributed by atoms with van der Waals surface area (Å²) in [7, 11) is 0. The van der Waals surface area contributed by atoms with E-state index in [-0.39, 0.29) is 12.4 Å². The van der Waals surface area contributed by atoms with Gasteiger partial charge in [0.1, 0.15) is 6.61 Å². The Morgan fingerprint density at radius 2 is 1.69 bits per heavy atom. The Hall–Kier alpha value is -3.31. The van der Waals surface area contributed by atoms with Crippen molar-refractivity contribution in [2.75, 3.05) is 13.2 Å². The first-order chi connectivity index (χ1) is 17.6. The molecule has 0 spiro atoms. The van der Waals surface area contributed by atoms with Gasteiger partial charge in [0.05, 0.1) is 6.10 Å². The van der Waals surface area contributed by atoms with E-state index in [1.165, 1.54) is 18.9 Å². The molecular weight excluding hydrogens is 451 g/mol. The van der Waals surface area contributed by atoms with E-state index in [9.17, 15) is 4.39 Å². The summed E-state index contributed by atoms with van der Waals surface area (Å²) in [4.78, 5) is 9.03. The Bertz CT molecular complexity index is 1090. The van der Waals surface area contributed by atoms with Gasteiger partial charge in [0.15, 0.2) is 17.4 Å². The molecule has 0 amide bonds. The first kappa shape index (κ1) is 27.3. The van der Waals surface area contributed by atoms with Crippen molar-refractivity contribution >= 4 is 6.08 Å². The van der Waals surface area contributed by atoms with E-state index in [0.29, 0.717) is 11.9 Å². The number of halogens is 1. The average Bonchev–Trinajstić information content (AvgIpc) is 2.91. The van der Waals surface area contributed by atoms with Crippen LogP contribution in [0.3, 0.4) is 0 Å². The van der Waals surface area contributed by atoms with Crippen molar-refractivity contribution in [3.8, 4) is 28.3 Å². The lowest BCUT2D eigenvalue weighted by Gasteiger charge is -2.11. The second-order valence-corrected chi connectivity index (χ2v) is 8.88. The molecule has 0 radical (unpaired) electrons. The summed E-state index contributed by atoms with van der Waals surface area (Å²) in [5.41, 5.74) is 3.58. The third-order valence-corrected chi connectivity index (χ3v) is 5.88. The van der Waals surface area contributed by atoms with E-state index < -0.39 is 5.82 Å². The molecule has 1 heterocycles. The molecular formula is C31H37FN2O2. The summed E-state index contributed by atoms with van der Waals surface area (Å²) in [6.07, 6.45) is 16.6. The van der Waals surface area contributed by atoms with Gasteiger partial charge in [-0.1, -0.05) is 74.9 Å². The SMILES string of the molecule is C=CCOc1ccc(-c2ccc(-c3ncc(C=CCCCC(C)OCCCCC)cn3)cc2)cc1F. The summed E-state index contributed by atoms with van der Waals surface area (Å²) >= 11 is 0. The van der Waals surface area contributed by atoms with Crippen molar-refractivity contribution in [2.24, 2.45) is 0 Å². The number of hydrogen-bond donors (Lipinski definition) is 0. The Balaban J connectivity index is 1.49. The zero-order valence-electron chi connectivity index (χ0n) is 21.5. The molecule has 190 valence electrons. The first-order valence-corrected chi connectivity index (χ1v) is 12.8. The topological polar surface area (TPSA) is 44.2 Å². The maximum Gasteiger partial charge on any atom is 0.165 e. The summed E-state index contributed by atoms with van der Waals surface area (Å²) in [6, 6.07) is 12.7. The van der Waals surface area contributed by atoms with E-state index in [1.807, 2.05) is 42.7 Å². The second-order valence-electron chi connectivity index (χ2n) is 8.88. The van der Waals surface area contributed by atoms with Crippen LogP contribution in [0.2, 0.25) is 0 Å². The van der Waals surface area contributed by atoms with Crippen LogP contribution in [0.1, 0.15) is 57.9 Å². The van der Waals surface area contributed by atoms with Crippen LogP contribution in [0.5, 0.6) is 5.75 Å². The number of unbranched alkanes of at least 4 members (excludes halogenated alkanes) is 3. The van der Waals surface area contributed by atoms with Gasteiger partial charge < -0.3 is 9.47 Å². The molecule has 1 aromatic heterocycles. The number of nitrogens with zero attached hydrogens (tertiary/aromatic N) is 2. The van der Waals surface area contributed by atoms with Gasteiger partial charge in [-0.3, -0.25) is 0 Å². The van der Waals surface area contributed by atoms with Crippen molar-refractivity contribution in [1.82, 2.24) is 9.97 Å². The van der Waals surface area contributed by atoms with E-state index in [4.69, 9.17) is 9.47 Å². The number of hydrogen-bond acceptors (Lipinski definition) is 4. The van der Waals surface area contributed by atoms with Crippen LogP contribution in [0.4, 0.5) is 4.39 Å². The Morgan fingerprint density at radius 1 is 0.972 bits per heavy atom. The minimum atomic E-state index is -0.393. The molecule has 5 heteroatoms. The molecule has 0 aliphatic carbocycles. The first-order valence-electron chi connectivity index (χ1n) is 12.8. The highest BCUT2D eigenvalue weighted by Crippen LogP contribution is 2.27. The standard InChI is InChI=1S/C31H37FN2O2/c1-4-6-10-20-35-24(3)11-8-7-9-12-25-22-33-31(34-23-25)27-15-13-26(14-16-27)28-17-18-30(29(32)21-28)36-19-5-2/h5,9,12-18,21-24H,2,4,6-8,10-11,19-20H2,1,3H3. The maximum absolute atomic E-state index is 14.3. The molecule has 0 fully saturated rings. The predicted molar refractivity (Wildman–Crippen MR) is 146 cm³/mol. The van der Waals surface area contributed by atoms with Gasteiger partial charge in [-0.15, -0.1) is 0 Å². The van der Waals surface area contributed by atoms with E-state index in [0.717, 1.165) is 54.5 Å². The van der Waals surface area contributed by atoms with Crippen LogP contribution in [-0.2, 0) is 4.74 Å². The highest BCUT2D eigenvalue weighted by atomic mass is 19.1. The fourth-order valence-corrected chi connectivity index (χ4v) is 3.79. The Labute approximate surface area is 214 Å². The van der Waals surface area contributed by atoms with Crippen LogP contribution in [0.15, 0.2) is 73.6 Å². The van der Waals surface area contributed by atoms with Crippen molar-refractivity contribution in [3.05, 3.63) is 85.0 Å². The van der Waals surface area contributed by atoms with Crippen LogP contribution in [-0.4, -0.2) is 29.3 Å². The maximum atomic E-state index is 14.3. The highest BCUT2D eigenvalue weighted by Gasteiger charge is 2.07. The van der Waals surface area contributed by atoms with Crippen molar-refractivity contribution < 1.29 is 13.9 Å². The van der Waals surface area contributed by atoms with Crippen molar-refractivity contribution in [3.63, 3.8) is 0 Å². The average molecular weight is 489 g/mol. The molecule has 0 saturated carbocycles. The molecule has 0 N–H and O–H groups in total. The van der Waals surface area contributed by atoms with Crippen LogP contribution in [0.25, 0.3) is 28.6 Å². The third-order valence-electron chi connectivity index (χ3n) is 5.88. The molecule has 3 aromatic rings. The quantitative estimate of drug-likeness (QED) is 0.159. The molecule has 0 aliphatic heterocycles. The number of benzene rings is 2. The highest BCUT2D eigenvalue weighted by molar-refractivity contribution is 5.68. The van der Waals surface area contributed by atoms with Crippen LogP contribution >= 0.6 is 0 Å². The summed E-state index contributed by atoms with van der Waals surface area (Å²) in [6.45, 7) is 9.09. The molecule has 2 aromatic carbocycles. The van der Waals surface area contributed by atoms with Gasteiger partial charge in [0, 0.05) is 30.1 Å². The predicted octanol–water partition coefficient (Wildman–Crippen LogP) is 8.29. The van der Waals surface area contributed by atoms with Gasteiger partial charge in [0.25, 0.3) is 0 Å². The number of aromatic nitrogens is 2. The lowest BCUT2D eigenvalue weighted by atomic mass is 10.0. The minimum Gasteiger partial charge on any atom is -0.486 e. The van der Waals surface area contributed by atoms with Gasteiger partial charge in [-0.2, -0.15) is 0 Å². The molecule has 3 rings (SSSR count). The molecule has 4 nitrogen and oxygen atoms in total. The lowest BCUT2D eigenvalue weighted by molar-refractivity contribution is 0.0566. The molecule has 1 unspecified atom stereocenters. The van der Waals surface area contributed by atoms with Gasteiger partial charge in [0.2, 0.25) is 0 Å². The molecule has 1 atom stereocenters. The molecule has 0 aliphatic rings. The Kier molecular flexibility index (Phi) is 11.3. The van der Waals surface area contributed by atoms with E-state index >= 15 is 0 Å². The monoisotopic (exact) mass is 488 g/mol. The zero-order valence-corrected chi connectivity index (χ0v) is 21.5. The normalized spacial score (nSPS) is 12.1. The summed E-state index contributed by atoms with van der Waals surface area (Å²) < 4.78 is 25.4. The fourth-order valence-electron chi connectivity index (χ4n) is 3.79. The fraction of sp³-hybridized carbons (Fsp3) is 0.355. The van der Waals surface area contributed by atoms with Gasteiger partial charge in [-0.25, -0.2) is 14.4 Å². The minimum absolute atomic E-state index is 0.221. The number of rotatable bonds is 15. The van der Waals surface area contributed by atoms with Gasteiger partial charge >= 0.3 is 0 Å². The largest absolute Gasteiger partial charge is 0.486 e. The molecule has 0 bridgehead atoms. The molecule has 0 saturated heterocycles. The summed E-state index contributed by atoms with van der Waals surface area (Å²) in [5.74, 6) is 0.488. The van der Waals surface area contributed by atoms with E-state index in [2.05, 4.69) is 42.5 Å². The van der Waals surface area contributed by atoms with Crippen molar-refractivity contribution in [1.29, 1.82) is 0 Å². The smallest absolute Gasteiger partial charge is 0.165 e. The zero-order chi connectivity index (χ0) is 25.6. The Morgan fingerprint density at radius 3 is 2.39 bits per heavy atom. The van der Waals surface area contributed by atoms with Crippen LogP contribution in [0, 0.1) is 5.82 Å². The number of allylic oxidation sites excluding steroid dienone is 1. The third kappa shape index (κ3) is 8.72. The van der Waals surface area contributed by atoms with Gasteiger partial charge in [-0.05, 0) is 55.9 Å². The van der Waals surface area contributed by atoms with E-state index in [1.54, 1.807) is 12.1 Å². The lowest BCUT2D eigenvalue weighted by Crippen LogP contribution is -2.08. The molecule has 36 heavy (non-hydrogen) atoms. The van der Waals surface area contributed by atoms with Crippen LogP contribution < -0.4 is 4.74 Å². The summed E-state index contributed by atoms with van der Waals surface area (Å²) in [5, 5.41) is 0. The van der Waals surface area contributed by atoms with Crippen molar-refractivity contribution in [2.45, 2.75) is 58.5 Å².